The smallest absolute Gasteiger partial charge is 0.420 e. The minimum Gasteiger partial charge on any atom is -0.492 e. The number of fused-ring (bicyclic) bond motifs is 2. The Morgan fingerprint density at radius 2 is 1.74 bits per heavy atom. The van der Waals surface area contributed by atoms with E-state index in [1.165, 1.54) is 41.3 Å². The monoisotopic (exact) mass is 476 g/mol. The Balaban J connectivity index is 1.46. The predicted molar refractivity (Wildman–Crippen MR) is 112 cm³/mol. The lowest BCUT2D eigenvalue weighted by Gasteiger charge is -2.42. The van der Waals surface area contributed by atoms with Crippen molar-refractivity contribution in [1.82, 2.24) is 24.9 Å². The molecule has 0 N–H and O–H groups in total. The molecule has 2 saturated heterocycles. The van der Waals surface area contributed by atoms with Crippen LogP contribution in [0.5, 0.6) is 5.75 Å². The highest BCUT2D eigenvalue weighted by atomic mass is 19.4. The molecule has 178 valence electrons. The van der Waals surface area contributed by atoms with Gasteiger partial charge >= 0.3 is 6.18 Å². The molecule has 5 rings (SSSR count). The van der Waals surface area contributed by atoms with E-state index in [1.807, 2.05) is 0 Å². The van der Waals surface area contributed by atoms with Gasteiger partial charge in [0, 0.05) is 31.4 Å². The van der Waals surface area contributed by atoms with Gasteiger partial charge in [0.1, 0.15) is 22.6 Å². The molecule has 8 nitrogen and oxygen atoms in total. The number of rotatable bonds is 4. The summed E-state index contributed by atoms with van der Waals surface area (Å²) in [6.45, 7) is 0.410. The SMILES string of the molecule is COc1c(C(F)(F)F)ccnc1N1C2CCC1CN(C(=O)c1c(F)cccc1-n1nccn1)C2. The summed E-state index contributed by atoms with van der Waals surface area (Å²) in [7, 11) is 1.18. The molecule has 0 aliphatic carbocycles. The van der Waals surface area contributed by atoms with Crippen LogP contribution in [0.15, 0.2) is 42.9 Å². The highest BCUT2D eigenvalue weighted by Crippen LogP contribution is 2.44. The van der Waals surface area contributed by atoms with E-state index in [9.17, 15) is 22.4 Å². The van der Waals surface area contributed by atoms with Crippen molar-refractivity contribution >= 4 is 11.7 Å². The van der Waals surface area contributed by atoms with Crippen LogP contribution in [-0.2, 0) is 6.18 Å². The van der Waals surface area contributed by atoms with Crippen LogP contribution in [-0.4, -0.2) is 63.1 Å². The quantitative estimate of drug-likeness (QED) is 0.538. The van der Waals surface area contributed by atoms with Gasteiger partial charge in [-0.3, -0.25) is 4.79 Å². The highest BCUT2D eigenvalue weighted by molar-refractivity contribution is 5.98. The Hall–Kier alpha value is -3.70. The lowest BCUT2D eigenvalue weighted by Crippen LogP contribution is -2.56. The largest absolute Gasteiger partial charge is 0.492 e. The zero-order chi connectivity index (χ0) is 24.0. The third-order valence-electron chi connectivity index (χ3n) is 6.25. The normalized spacial score (nSPS) is 20.0. The summed E-state index contributed by atoms with van der Waals surface area (Å²) < 4.78 is 60.5. The Morgan fingerprint density at radius 1 is 1.06 bits per heavy atom. The van der Waals surface area contributed by atoms with E-state index in [1.54, 1.807) is 11.0 Å². The van der Waals surface area contributed by atoms with E-state index in [-0.39, 0.29) is 48.0 Å². The first-order valence-electron chi connectivity index (χ1n) is 10.6. The number of carbonyl (C=O) groups is 1. The third-order valence-corrected chi connectivity index (χ3v) is 6.25. The Kier molecular flexibility index (Phi) is 5.37. The molecule has 2 aliphatic heterocycles. The van der Waals surface area contributed by atoms with Crippen molar-refractivity contribution in [1.29, 1.82) is 0 Å². The van der Waals surface area contributed by atoms with Crippen LogP contribution in [0.2, 0.25) is 0 Å². The molecule has 1 amide bonds. The molecule has 2 atom stereocenters. The zero-order valence-corrected chi connectivity index (χ0v) is 18.0. The number of anilines is 1. The Morgan fingerprint density at radius 3 is 2.35 bits per heavy atom. The number of methoxy groups -OCH3 is 1. The maximum atomic E-state index is 14.8. The number of likely N-dealkylation sites (tertiary alicyclic amines) is 1. The van der Waals surface area contributed by atoms with Gasteiger partial charge in [-0.25, -0.2) is 9.37 Å². The fourth-order valence-corrected chi connectivity index (χ4v) is 4.85. The summed E-state index contributed by atoms with van der Waals surface area (Å²) in [5.41, 5.74) is -0.840. The molecule has 0 saturated carbocycles. The van der Waals surface area contributed by atoms with Crippen LogP contribution in [0, 0.1) is 5.82 Å². The number of aromatic nitrogens is 4. The maximum absolute atomic E-state index is 14.8. The summed E-state index contributed by atoms with van der Waals surface area (Å²) in [5.74, 6) is -1.46. The summed E-state index contributed by atoms with van der Waals surface area (Å²) >= 11 is 0. The first-order chi connectivity index (χ1) is 16.3. The number of halogens is 4. The van der Waals surface area contributed by atoms with Crippen molar-refractivity contribution < 1.29 is 27.1 Å². The van der Waals surface area contributed by atoms with E-state index in [4.69, 9.17) is 4.74 Å². The number of hydrogen-bond donors (Lipinski definition) is 0. The van der Waals surface area contributed by atoms with Crippen LogP contribution < -0.4 is 9.64 Å². The van der Waals surface area contributed by atoms with Gasteiger partial charge < -0.3 is 14.5 Å². The number of carbonyl (C=O) groups excluding carboxylic acids is 1. The first kappa shape index (κ1) is 22.1. The number of hydrogen-bond acceptors (Lipinski definition) is 6. The average molecular weight is 476 g/mol. The van der Waals surface area contributed by atoms with Gasteiger partial charge in [-0.1, -0.05) is 6.07 Å². The van der Waals surface area contributed by atoms with Crippen molar-refractivity contribution in [2.45, 2.75) is 31.1 Å². The minimum atomic E-state index is -4.60. The number of piperazine rings is 1. The molecule has 3 aromatic rings. The van der Waals surface area contributed by atoms with Crippen LogP contribution in [0.1, 0.15) is 28.8 Å². The van der Waals surface area contributed by atoms with Gasteiger partial charge in [-0.05, 0) is 31.0 Å². The number of nitrogens with zero attached hydrogens (tertiary/aromatic N) is 6. The molecule has 2 aliphatic rings. The molecule has 12 heteroatoms. The number of pyridine rings is 1. The second-order valence-electron chi connectivity index (χ2n) is 8.17. The minimum absolute atomic E-state index is 0.101. The second-order valence-corrected chi connectivity index (χ2v) is 8.17. The molecule has 4 heterocycles. The molecule has 2 bridgehead atoms. The van der Waals surface area contributed by atoms with Gasteiger partial charge in [0.15, 0.2) is 11.6 Å². The molecule has 0 spiro atoms. The average Bonchev–Trinajstić information content (AvgIpc) is 3.43. The van der Waals surface area contributed by atoms with E-state index >= 15 is 0 Å². The molecular formula is C22H20F4N6O2. The third kappa shape index (κ3) is 3.62. The molecule has 0 radical (unpaired) electrons. The van der Waals surface area contributed by atoms with E-state index in [0.29, 0.717) is 12.8 Å². The van der Waals surface area contributed by atoms with Crippen LogP contribution in [0.3, 0.4) is 0 Å². The number of alkyl halides is 3. The summed E-state index contributed by atoms with van der Waals surface area (Å²) in [5, 5.41) is 8.01. The molecule has 2 fully saturated rings. The van der Waals surface area contributed by atoms with Gasteiger partial charge in [-0.15, -0.1) is 0 Å². The standard InChI is InChI=1S/C22H20F4N6O2/c1-34-19-15(22(24,25)26)7-8-27-20(19)31-13-5-6-14(31)12-30(11-13)21(33)18-16(23)3-2-4-17(18)32-28-9-10-29-32/h2-4,7-10,13-14H,5-6,11-12H2,1H3. The van der Waals surface area contributed by atoms with Crippen molar-refractivity contribution in [3.05, 3.63) is 59.8 Å². The number of benzene rings is 1. The van der Waals surface area contributed by atoms with Gasteiger partial charge in [0.2, 0.25) is 0 Å². The van der Waals surface area contributed by atoms with Gasteiger partial charge in [0.25, 0.3) is 5.91 Å². The molecule has 2 unspecified atom stereocenters. The van der Waals surface area contributed by atoms with Crippen LogP contribution in [0.4, 0.5) is 23.4 Å². The highest BCUT2D eigenvalue weighted by Gasteiger charge is 2.45. The van der Waals surface area contributed by atoms with E-state index in [2.05, 4.69) is 15.2 Å². The molecular weight excluding hydrogens is 456 g/mol. The fourth-order valence-electron chi connectivity index (χ4n) is 4.85. The fraction of sp³-hybridized carbons (Fsp3) is 0.364. The van der Waals surface area contributed by atoms with Crippen molar-refractivity contribution in [2.24, 2.45) is 0 Å². The maximum Gasteiger partial charge on any atom is 0.420 e. The summed E-state index contributed by atoms with van der Waals surface area (Å²) in [6, 6.07) is 4.53. The zero-order valence-electron chi connectivity index (χ0n) is 18.0. The lowest BCUT2D eigenvalue weighted by atomic mass is 10.1. The number of amides is 1. The van der Waals surface area contributed by atoms with Crippen LogP contribution in [0.25, 0.3) is 5.69 Å². The van der Waals surface area contributed by atoms with E-state index in [0.717, 1.165) is 12.3 Å². The molecule has 2 aromatic heterocycles. The topological polar surface area (TPSA) is 76.4 Å². The van der Waals surface area contributed by atoms with Gasteiger partial charge in [0.05, 0.1) is 19.5 Å². The second kappa shape index (κ2) is 8.26. The molecule has 1 aromatic carbocycles. The number of ether oxygens (including phenoxy) is 1. The Labute approximate surface area is 191 Å². The van der Waals surface area contributed by atoms with Crippen molar-refractivity contribution in [2.75, 3.05) is 25.1 Å². The van der Waals surface area contributed by atoms with Gasteiger partial charge in [-0.2, -0.15) is 28.2 Å². The van der Waals surface area contributed by atoms with Crippen molar-refractivity contribution in [3.63, 3.8) is 0 Å². The summed E-state index contributed by atoms with van der Waals surface area (Å²) in [4.78, 5) is 22.1. The van der Waals surface area contributed by atoms with Crippen molar-refractivity contribution in [3.8, 4) is 11.4 Å². The van der Waals surface area contributed by atoms with Crippen LogP contribution >= 0.6 is 0 Å². The Bertz CT molecular complexity index is 1200. The summed E-state index contributed by atoms with van der Waals surface area (Å²) in [6.07, 6.45) is 0.671. The lowest BCUT2D eigenvalue weighted by molar-refractivity contribution is -0.138. The van der Waals surface area contributed by atoms with E-state index < -0.39 is 23.5 Å². The molecule has 34 heavy (non-hydrogen) atoms. The first-order valence-corrected chi connectivity index (χ1v) is 10.6. The predicted octanol–water partition coefficient (Wildman–Crippen LogP) is 3.32.